The maximum Gasteiger partial charge on any atom is 0.331 e. The van der Waals surface area contributed by atoms with E-state index in [2.05, 4.69) is 0 Å². The van der Waals surface area contributed by atoms with Crippen LogP contribution < -0.4 is 0 Å². The zero-order chi connectivity index (χ0) is 12.4. The first-order chi connectivity index (χ1) is 8.09. The number of aliphatic carboxylic acids is 1. The van der Waals surface area contributed by atoms with Gasteiger partial charge in [0, 0.05) is 6.54 Å². The number of rotatable bonds is 3. The Labute approximate surface area is 98.3 Å². The van der Waals surface area contributed by atoms with Crippen molar-refractivity contribution in [2.45, 2.75) is 18.6 Å². The summed E-state index contributed by atoms with van der Waals surface area (Å²) < 4.78 is 0. The lowest BCUT2D eigenvalue weighted by Crippen LogP contribution is -2.35. The van der Waals surface area contributed by atoms with Gasteiger partial charge in [0.15, 0.2) is 6.04 Å². The predicted octanol–water partition coefficient (Wildman–Crippen LogP) is 0.406. The van der Waals surface area contributed by atoms with E-state index in [0.717, 1.165) is 0 Å². The van der Waals surface area contributed by atoms with E-state index in [1.807, 2.05) is 0 Å². The quantitative estimate of drug-likeness (QED) is 0.795. The Hall–Kier alpha value is -1.88. The summed E-state index contributed by atoms with van der Waals surface area (Å²) in [6, 6.07) is 7.54. The van der Waals surface area contributed by atoms with Gasteiger partial charge in [-0.3, -0.25) is 4.79 Å². The number of carboxylic acids is 1. The van der Waals surface area contributed by atoms with Gasteiger partial charge in [0.05, 0.1) is 12.5 Å². The number of likely N-dealkylation sites (tertiary alicyclic amines) is 1. The summed E-state index contributed by atoms with van der Waals surface area (Å²) in [7, 11) is 0. The molecule has 1 fully saturated rings. The molecule has 2 atom stereocenters. The minimum absolute atomic E-state index is 0.00336. The Morgan fingerprint density at radius 3 is 2.47 bits per heavy atom. The summed E-state index contributed by atoms with van der Waals surface area (Å²) in [5, 5.41) is 18.6. The second-order valence-electron chi connectivity index (χ2n) is 4.06. The first-order valence-corrected chi connectivity index (χ1v) is 5.35. The average Bonchev–Trinajstić information content (AvgIpc) is 2.59. The van der Waals surface area contributed by atoms with Crippen LogP contribution in [0.25, 0.3) is 0 Å². The maximum absolute atomic E-state index is 11.6. The van der Waals surface area contributed by atoms with Gasteiger partial charge in [0.25, 0.3) is 0 Å². The zero-order valence-corrected chi connectivity index (χ0v) is 9.11. The molecule has 0 aliphatic carbocycles. The molecule has 1 heterocycles. The third-order valence-corrected chi connectivity index (χ3v) is 2.80. The number of hydrogen-bond acceptors (Lipinski definition) is 3. The highest BCUT2D eigenvalue weighted by molar-refractivity contribution is 5.86. The smallest absolute Gasteiger partial charge is 0.331 e. The summed E-state index contributed by atoms with van der Waals surface area (Å²) in [6.45, 7) is 0.0741. The van der Waals surface area contributed by atoms with Gasteiger partial charge in [-0.2, -0.15) is 0 Å². The summed E-state index contributed by atoms with van der Waals surface area (Å²) in [4.78, 5) is 24.1. The molecule has 0 aromatic heterocycles. The Morgan fingerprint density at radius 1 is 1.35 bits per heavy atom. The molecule has 17 heavy (non-hydrogen) atoms. The first-order valence-electron chi connectivity index (χ1n) is 5.35. The van der Waals surface area contributed by atoms with Crippen LogP contribution in [-0.2, 0) is 9.59 Å². The van der Waals surface area contributed by atoms with Crippen molar-refractivity contribution in [3.63, 3.8) is 0 Å². The molecule has 1 amide bonds. The van der Waals surface area contributed by atoms with Crippen LogP contribution in [-0.4, -0.2) is 39.6 Å². The van der Waals surface area contributed by atoms with E-state index in [-0.39, 0.29) is 18.9 Å². The topological polar surface area (TPSA) is 77.8 Å². The lowest BCUT2D eigenvalue weighted by Gasteiger charge is -2.24. The van der Waals surface area contributed by atoms with Crippen LogP contribution in [0, 0.1) is 0 Å². The van der Waals surface area contributed by atoms with Crippen molar-refractivity contribution in [3.8, 4) is 0 Å². The molecule has 1 aliphatic heterocycles. The number of carbonyl (C=O) groups is 2. The van der Waals surface area contributed by atoms with E-state index in [0.29, 0.717) is 5.56 Å². The lowest BCUT2D eigenvalue weighted by molar-refractivity contribution is -0.148. The number of hydrogen-bond donors (Lipinski definition) is 2. The molecule has 1 saturated heterocycles. The normalized spacial score (nSPS) is 21.6. The average molecular weight is 235 g/mol. The van der Waals surface area contributed by atoms with Crippen LogP contribution in [0.2, 0.25) is 0 Å². The van der Waals surface area contributed by atoms with Crippen LogP contribution in [0.15, 0.2) is 30.3 Å². The van der Waals surface area contributed by atoms with Crippen molar-refractivity contribution >= 4 is 11.9 Å². The Morgan fingerprint density at radius 2 is 2.00 bits per heavy atom. The van der Waals surface area contributed by atoms with Gasteiger partial charge in [0.2, 0.25) is 5.91 Å². The molecule has 0 spiro atoms. The van der Waals surface area contributed by atoms with Crippen molar-refractivity contribution < 1.29 is 19.8 Å². The highest BCUT2D eigenvalue weighted by atomic mass is 16.4. The van der Waals surface area contributed by atoms with E-state index in [1.165, 1.54) is 4.90 Å². The molecule has 1 aromatic carbocycles. The zero-order valence-electron chi connectivity index (χ0n) is 9.11. The van der Waals surface area contributed by atoms with Gasteiger partial charge in [-0.15, -0.1) is 0 Å². The highest BCUT2D eigenvalue weighted by Gasteiger charge is 2.37. The Bertz CT molecular complexity index is 431. The second kappa shape index (κ2) is 4.55. The number of benzene rings is 1. The summed E-state index contributed by atoms with van der Waals surface area (Å²) in [5.74, 6) is -1.41. The summed E-state index contributed by atoms with van der Waals surface area (Å²) in [5.41, 5.74) is 0.544. The first kappa shape index (κ1) is 11.6. The van der Waals surface area contributed by atoms with Crippen LogP contribution in [0.4, 0.5) is 0 Å². The molecular formula is C12H13NO4. The molecular weight excluding hydrogens is 222 g/mol. The lowest BCUT2D eigenvalue weighted by atomic mass is 10.1. The SMILES string of the molecule is O=C(O)C(c1ccccc1)N1CC(O)CC1=O. The van der Waals surface area contributed by atoms with Crippen molar-refractivity contribution in [1.82, 2.24) is 4.90 Å². The summed E-state index contributed by atoms with van der Waals surface area (Å²) >= 11 is 0. The molecule has 5 nitrogen and oxygen atoms in total. The number of amides is 1. The van der Waals surface area contributed by atoms with Gasteiger partial charge < -0.3 is 15.1 Å². The van der Waals surface area contributed by atoms with E-state index in [4.69, 9.17) is 0 Å². The number of β-amino-alcohol motifs (C(OH)–C–C–N with tert-alkyl or cyclic N) is 1. The Kier molecular flexibility index (Phi) is 3.10. The van der Waals surface area contributed by atoms with E-state index in [1.54, 1.807) is 30.3 Å². The molecule has 0 bridgehead atoms. The van der Waals surface area contributed by atoms with Crippen LogP contribution in [0.1, 0.15) is 18.0 Å². The van der Waals surface area contributed by atoms with Gasteiger partial charge in [-0.25, -0.2) is 4.79 Å². The van der Waals surface area contributed by atoms with Crippen LogP contribution in [0.3, 0.4) is 0 Å². The van der Waals surface area contributed by atoms with Gasteiger partial charge in [-0.1, -0.05) is 30.3 Å². The molecule has 2 rings (SSSR count). The number of nitrogens with zero attached hydrogens (tertiary/aromatic N) is 1. The molecule has 5 heteroatoms. The fourth-order valence-corrected chi connectivity index (χ4v) is 2.05. The Balaban J connectivity index is 2.31. The maximum atomic E-state index is 11.6. The predicted molar refractivity (Wildman–Crippen MR) is 59.2 cm³/mol. The van der Waals surface area contributed by atoms with Gasteiger partial charge in [0.1, 0.15) is 0 Å². The third kappa shape index (κ3) is 2.29. The van der Waals surface area contributed by atoms with Crippen molar-refractivity contribution in [2.24, 2.45) is 0 Å². The summed E-state index contributed by atoms with van der Waals surface area (Å²) in [6.07, 6.45) is -0.774. The van der Waals surface area contributed by atoms with E-state index in [9.17, 15) is 19.8 Å². The van der Waals surface area contributed by atoms with Crippen molar-refractivity contribution in [1.29, 1.82) is 0 Å². The second-order valence-corrected chi connectivity index (χ2v) is 4.06. The van der Waals surface area contributed by atoms with E-state index >= 15 is 0 Å². The fraction of sp³-hybridized carbons (Fsp3) is 0.333. The minimum atomic E-state index is -1.08. The molecule has 1 aromatic rings. The molecule has 2 unspecified atom stereocenters. The van der Waals surface area contributed by atoms with Crippen LogP contribution >= 0.6 is 0 Å². The van der Waals surface area contributed by atoms with Crippen molar-refractivity contribution in [3.05, 3.63) is 35.9 Å². The number of aliphatic hydroxyl groups is 1. The van der Waals surface area contributed by atoms with Crippen molar-refractivity contribution in [2.75, 3.05) is 6.54 Å². The van der Waals surface area contributed by atoms with Gasteiger partial charge >= 0.3 is 5.97 Å². The minimum Gasteiger partial charge on any atom is -0.479 e. The number of carbonyl (C=O) groups excluding carboxylic acids is 1. The number of carboxylic acid groups (broad SMARTS) is 1. The molecule has 0 saturated carbocycles. The monoisotopic (exact) mass is 235 g/mol. The molecule has 2 N–H and O–H groups in total. The molecule has 1 aliphatic rings. The fourth-order valence-electron chi connectivity index (χ4n) is 2.05. The molecule has 0 radical (unpaired) electrons. The van der Waals surface area contributed by atoms with Gasteiger partial charge in [-0.05, 0) is 5.56 Å². The largest absolute Gasteiger partial charge is 0.479 e. The third-order valence-electron chi connectivity index (χ3n) is 2.80. The standard InChI is InChI=1S/C12H13NO4/c14-9-6-10(15)13(7-9)11(12(16)17)8-4-2-1-3-5-8/h1-5,9,11,14H,6-7H2,(H,16,17). The van der Waals surface area contributed by atoms with E-state index < -0.39 is 18.1 Å². The number of aliphatic hydroxyl groups excluding tert-OH is 1. The van der Waals surface area contributed by atoms with Crippen LogP contribution in [0.5, 0.6) is 0 Å². The highest BCUT2D eigenvalue weighted by Crippen LogP contribution is 2.26. The molecule has 90 valence electrons.